The number of hydrogen-bond donors (Lipinski definition) is 0. The molecule has 0 atom stereocenters. The summed E-state index contributed by atoms with van der Waals surface area (Å²) in [7, 11) is 0. The van der Waals surface area contributed by atoms with Gasteiger partial charge in [0.2, 0.25) is 0 Å². The molecular formula is C37H40N4. The Balaban J connectivity index is 1.57. The third-order valence-electron chi connectivity index (χ3n) is 8.33. The Morgan fingerprint density at radius 1 is 0.512 bits per heavy atom. The molecule has 4 heteroatoms. The van der Waals surface area contributed by atoms with Gasteiger partial charge in [-0.15, -0.1) is 0 Å². The topological polar surface area (TPSA) is 51.6 Å². The number of rotatable bonds is 9. The molecule has 0 spiro atoms. The van der Waals surface area contributed by atoms with Gasteiger partial charge >= 0.3 is 0 Å². The molecule has 0 aliphatic carbocycles. The molecule has 4 nitrogen and oxygen atoms in total. The highest BCUT2D eigenvalue weighted by molar-refractivity contribution is 5.68. The lowest BCUT2D eigenvalue weighted by Gasteiger charge is -2.24. The predicted molar refractivity (Wildman–Crippen MR) is 171 cm³/mol. The van der Waals surface area contributed by atoms with Crippen LogP contribution < -0.4 is 0 Å². The fourth-order valence-electron chi connectivity index (χ4n) is 5.18. The van der Waals surface area contributed by atoms with Crippen LogP contribution in [-0.4, -0.2) is 19.9 Å². The second-order valence-electron chi connectivity index (χ2n) is 12.1. The Kier molecular flexibility index (Phi) is 8.12. The van der Waals surface area contributed by atoms with Crippen molar-refractivity contribution in [3.8, 4) is 45.4 Å². The SMILES string of the molecule is CCCC(C)(C)c1ccc(-c2nc(-c3ccc(C(C)(C)CC)cc3)nc(-c3ccc(-c4ccccc4)nc3)n2)cc1. The normalized spacial score (nSPS) is 12.0. The van der Waals surface area contributed by atoms with Crippen molar-refractivity contribution in [2.45, 2.75) is 71.6 Å². The number of pyridine rings is 1. The molecule has 0 saturated heterocycles. The highest BCUT2D eigenvalue weighted by Crippen LogP contribution is 2.32. The van der Waals surface area contributed by atoms with Gasteiger partial charge in [-0.25, -0.2) is 15.0 Å². The van der Waals surface area contributed by atoms with Crippen molar-refractivity contribution in [3.05, 3.63) is 108 Å². The first kappa shape index (κ1) is 28.4. The third-order valence-corrected chi connectivity index (χ3v) is 8.33. The van der Waals surface area contributed by atoms with Crippen LogP contribution in [0.25, 0.3) is 45.4 Å². The monoisotopic (exact) mass is 540 g/mol. The molecule has 0 aliphatic rings. The van der Waals surface area contributed by atoms with Gasteiger partial charge in [-0.2, -0.15) is 0 Å². The van der Waals surface area contributed by atoms with E-state index in [1.165, 1.54) is 11.1 Å². The molecule has 5 aromatic rings. The van der Waals surface area contributed by atoms with E-state index in [4.69, 9.17) is 19.9 Å². The molecule has 0 aliphatic heterocycles. The maximum Gasteiger partial charge on any atom is 0.165 e. The van der Waals surface area contributed by atoms with Gasteiger partial charge in [0.25, 0.3) is 0 Å². The van der Waals surface area contributed by atoms with Gasteiger partial charge in [0.1, 0.15) is 0 Å². The Bertz CT molecular complexity index is 1580. The van der Waals surface area contributed by atoms with Crippen LogP contribution in [0.2, 0.25) is 0 Å². The molecule has 0 unspecified atom stereocenters. The summed E-state index contributed by atoms with van der Waals surface area (Å²) in [6.07, 6.45) is 5.22. The summed E-state index contributed by atoms with van der Waals surface area (Å²) >= 11 is 0. The molecule has 3 aromatic carbocycles. The largest absolute Gasteiger partial charge is 0.255 e. The summed E-state index contributed by atoms with van der Waals surface area (Å²) < 4.78 is 0. The number of nitrogens with zero attached hydrogens (tertiary/aromatic N) is 4. The van der Waals surface area contributed by atoms with Gasteiger partial charge in [0, 0.05) is 28.5 Å². The Morgan fingerprint density at radius 2 is 1.00 bits per heavy atom. The highest BCUT2D eigenvalue weighted by Gasteiger charge is 2.21. The van der Waals surface area contributed by atoms with Crippen molar-refractivity contribution in [1.29, 1.82) is 0 Å². The number of hydrogen-bond acceptors (Lipinski definition) is 4. The van der Waals surface area contributed by atoms with Gasteiger partial charge in [-0.05, 0) is 46.9 Å². The standard InChI is InChI=1S/C37H40N4/c1-7-24-37(5,6)31-21-16-28(17-22-31)34-39-33(27-14-19-30(20-15-27)36(3,4)8-2)40-35(41-34)29-18-23-32(38-25-29)26-12-10-9-11-13-26/h9-23,25H,7-8,24H2,1-6H3. The van der Waals surface area contributed by atoms with E-state index in [1.54, 1.807) is 0 Å². The van der Waals surface area contributed by atoms with Crippen LogP contribution in [-0.2, 0) is 10.8 Å². The van der Waals surface area contributed by atoms with Crippen molar-refractivity contribution in [2.75, 3.05) is 0 Å². The Labute approximate surface area is 245 Å². The Morgan fingerprint density at radius 3 is 1.46 bits per heavy atom. The number of benzene rings is 3. The Hall–Kier alpha value is -4.18. The molecule has 208 valence electrons. The van der Waals surface area contributed by atoms with Gasteiger partial charge in [0.05, 0.1) is 5.69 Å². The van der Waals surface area contributed by atoms with E-state index in [0.29, 0.717) is 17.5 Å². The average molecular weight is 541 g/mol. The predicted octanol–water partition coefficient (Wildman–Crippen LogP) is 9.70. The van der Waals surface area contributed by atoms with Gasteiger partial charge in [-0.1, -0.05) is 127 Å². The summed E-state index contributed by atoms with van der Waals surface area (Å²) in [6.45, 7) is 13.6. The van der Waals surface area contributed by atoms with Crippen molar-refractivity contribution in [2.24, 2.45) is 0 Å². The summed E-state index contributed by atoms with van der Waals surface area (Å²) in [6, 6.07) is 31.6. The summed E-state index contributed by atoms with van der Waals surface area (Å²) in [5.74, 6) is 1.94. The molecule has 41 heavy (non-hydrogen) atoms. The number of aromatic nitrogens is 4. The molecule has 2 aromatic heterocycles. The van der Waals surface area contributed by atoms with E-state index in [1.807, 2.05) is 36.5 Å². The second-order valence-corrected chi connectivity index (χ2v) is 12.1. The lowest BCUT2D eigenvalue weighted by molar-refractivity contribution is 0.473. The van der Waals surface area contributed by atoms with Crippen LogP contribution in [0, 0.1) is 0 Å². The van der Waals surface area contributed by atoms with E-state index in [0.717, 1.165) is 47.2 Å². The summed E-state index contributed by atoms with van der Waals surface area (Å²) in [5, 5.41) is 0. The first-order valence-electron chi connectivity index (χ1n) is 14.7. The first-order chi connectivity index (χ1) is 19.7. The molecule has 0 N–H and O–H groups in total. The minimum Gasteiger partial charge on any atom is -0.255 e. The van der Waals surface area contributed by atoms with Crippen molar-refractivity contribution in [1.82, 2.24) is 19.9 Å². The molecule has 5 rings (SSSR count). The van der Waals surface area contributed by atoms with Crippen LogP contribution in [0.5, 0.6) is 0 Å². The quantitative estimate of drug-likeness (QED) is 0.187. The zero-order chi connectivity index (χ0) is 29.0. The van der Waals surface area contributed by atoms with Crippen LogP contribution in [0.4, 0.5) is 0 Å². The average Bonchev–Trinajstić information content (AvgIpc) is 3.01. The van der Waals surface area contributed by atoms with Crippen LogP contribution >= 0.6 is 0 Å². The van der Waals surface area contributed by atoms with E-state index in [2.05, 4.69) is 102 Å². The van der Waals surface area contributed by atoms with E-state index >= 15 is 0 Å². The molecule has 0 fully saturated rings. The molecule has 0 bridgehead atoms. The molecular weight excluding hydrogens is 500 g/mol. The smallest absolute Gasteiger partial charge is 0.165 e. The minimum absolute atomic E-state index is 0.118. The molecule has 2 heterocycles. The fourth-order valence-corrected chi connectivity index (χ4v) is 5.18. The lowest BCUT2D eigenvalue weighted by atomic mass is 9.80. The van der Waals surface area contributed by atoms with Crippen molar-refractivity contribution in [3.63, 3.8) is 0 Å². The van der Waals surface area contributed by atoms with Crippen LogP contribution in [0.15, 0.2) is 97.2 Å². The van der Waals surface area contributed by atoms with Crippen molar-refractivity contribution >= 4 is 0 Å². The summed E-state index contributed by atoms with van der Waals surface area (Å²) in [4.78, 5) is 19.6. The molecule has 0 saturated carbocycles. The van der Waals surface area contributed by atoms with E-state index in [9.17, 15) is 0 Å². The van der Waals surface area contributed by atoms with E-state index in [-0.39, 0.29) is 10.8 Å². The lowest BCUT2D eigenvalue weighted by Crippen LogP contribution is -2.16. The molecule has 0 amide bonds. The minimum atomic E-state index is 0.118. The van der Waals surface area contributed by atoms with E-state index < -0.39 is 0 Å². The fraction of sp³-hybridized carbons (Fsp3) is 0.297. The van der Waals surface area contributed by atoms with Crippen molar-refractivity contribution < 1.29 is 0 Å². The maximum atomic E-state index is 4.96. The van der Waals surface area contributed by atoms with Crippen LogP contribution in [0.3, 0.4) is 0 Å². The molecule has 0 radical (unpaired) electrons. The van der Waals surface area contributed by atoms with Gasteiger partial charge in [-0.3, -0.25) is 4.98 Å². The second kappa shape index (κ2) is 11.7. The first-order valence-corrected chi connectivity index (χ1v) is 14.7. The van der Waals surface area contributed by atoms with Gasteiger partial charge in [0.15, 0.2) is 17.5 Å². The van der Waals surface area contributed by atoms with Crippen LogP contribution in [0.1, 0.15) is 71.9 Å². The zero-order valence-electron chi connectivity index (χ0n) is 25.1. The highest BCUT2D eigenvalue weighted by atomic mass is 15.0. The maximum absolute atomic E-state index is 4.96. The zero-order valence-corrected chi connectivity index (χ0v) is 25.1. The van der Waals surface area contributed by atoms with Gasteiger partial charge < -0.3 is 0 Å². The third kappa shape index (κ3) is 6.27. The summed E-state index contributed by atoms with van der Waals surface area (Å²) in [5.41, 5.74) is 7.69.